The zero-order chi connectivity index (χ0) is 42.3. The molecule has 0 aliphatic carbocycles. The Hall–Kier alpha value is -5.27. The van der Waals surface area contributed by atoms with E-state index in [1.54, 1.807) is 19.2 Å². The summed E-state index contributed by atoms with van der Waals surface area (Å²) in [6, 6.07) is 12.7. The Bertz CT molecular complexity index is 2260. The van der Waals surface area contributed by atoms with E-state index >= 15 is 0 Å². The highest BCUT2D eigenvalue weighted by Gasteiger charge is 2.40. The van der Waals surface area contributed by atoms with Crippen LogP contribution in [0.15, 0.2) is 54.7 Å². The van der Waals surface area contributed by atoms with Gasteiger partial charge < -0.3 is 29.9 Å². The topological polar surface area (TPSA) is 168 Å². The van der Waals surface area contributed by atoms with Gasteiger partial charge in [-0.15, -0.1) is 0 Å². The van der Waals surface area contributed by atoms with E-state index < -0.39 is 41.3 Å². The number of nitrogens with one attached hydrogen (secondary N) is 3. The molecule has 13 nitrogen and oxygen atoms in total. The first-order chi connectivity index (χ1) is 28.1. The highest BCUT2D eigenvalue weighted by Crippen LogP contribution is 2.42. The number of fused-ring (bicyclic) bond motifs is 6. The van der Waals surface area contributed by atoms with Crippen LogP contribution in [0.4, 0.5) is 0 Å². The first-order valence-corrected chi connectivity index (χ1v) is 21.0. The summed E-state index contributed by atoms with van der Waals surface area (Å²) in [5.41, 5.74) is 10.2. The number of nitrogens with zero attached hydrogens (tertiary/aromatic N) is 4. The summed E-state index contributed by atoms with van der Waals surface area (Å²) in [5.74, 6) is -1.57. The number of hydrogen-bond donors (Lipinski definition) is 4. The summed E-state index contributed by atoms with van der Waals surface area (Å²) in [7, 11) is 1.61. The number of benzene rings is 2. The van der Waals surface area contributed by atoms with Crippen LogP contribution < -0.4 is 16.1 Å². The molecule has 2 aromatic carbocycles. The third-order valence-electron chi connectivity index (χ3n) is 11.9. The van der Waals surface area contributed by atoms with Crippen molar-refractivity contribution in [3.05, 3.63) is 71.5 Å². The molecular weight excluding hydrogens is 747 g/mol. The molecule has 2 saturated heterocycles. The smallest absolute Gasteiger partial charge is 0.324 e. The maximum absolute atomic E-state index is 14.5. The normalized spacial score (nSPS) is 21.3. The van der Waals surface area contributed by atoms with Crippen molar-refractivity contribution in [2.75, 3.05) is 26.7 Å². The summed E-state index contributed by atoms with van der Waals surface area (Å²) >= 11 is 0. The van der Waals surface area contributed by atoms with E-state index in [0.29, 0.717) is 44.5 Å². The minimum absolute atomic E-state index is 0.0239. The predicted octanol–water partition coefficient (Wildman–Crippen LogP) is 5.32. The third kappa shape index (κ3) is 8.72. The number of cyclic esters (lactones) is 1. The van der Waals surface area contributed by atoms with E-state index in [-0.39, 0.29) is 42.6 Å². The van der Waals surface area contributed by atoms with E-state index in [9.17, 15) is 24.3 Å². The number of likely N-dealkylation sites (N-methyl/N-ethyl adjacent to an activating group) is 1. The number of hydrazine groups is 1. The highest BCUT2D eigenvalue weighted by atomic mass is 16.5. The largest absolute Gasteiger partial charge is 0.508 e. The lowest BCUT2D eigenvalue weighted by molar-refractivity contribution is -0.155. The lowest BCUT2D eigenvalue weighted by Crippen LogP contribution is -2.62. The fourth-order valence-corrected chi connectivity index (χ4v) is 8.89. The van der Waals surface area contributed by atoms with Crippen molar-refractivity contribution >= 4 is 34.6 Å². The van der Waals surface area contributed by atoms with Crippen LogP contribution in [0, 0.1) is 11.3 Å². The molecule has 3 aliphatic heterocycles. The summed E-state index contributed by atoms with van der Waals surface area (Å²) in [4.78, 5) is 61.9. The minimum Gasteiger partial charge on any atom is -0.508 e. The standard InChI is InChI=1S/C46H59N7O6/c1-9-52-38-15-14-29-22-33(38)34(41(52)32-12-10-16-47-39(32)26(2)3)23-46(6,7)25-59-45(58)35-13-11-17-53(50-35)44(57)36(20-28-18-30(29)21-31(54)19-28)49-42(55)40(27(4)5)51(8)43(56)37-24-48-37/h10,12,14-16,18-19,21-22,26-27,35-37,40,48,50,54H,9,11,13,17,20,23-25H2,1-8H3,(H,49,55)/t35-,36-,37+,40-/m0/s1. The van der Waals surface area contributed by atoms with Crippen LogP contribution in [0.25, 0.3) is 33.3 Å². The maximum atomic E-state index is 14.5. The van der Waals surface area contributed by atoms with Gasteiger partial charge in [0.1, 0.15) is 23.9 Å². The number of phenols is 1. The second kappa shape index (κ2) is 16.8. The molecule has 5 heterocycles. The first kappa shape index (κ1) is 41.9. The van der Waals surface area contributed by atoms with Crippen LogP contribution >= 0.6 is 0 Å². The molecule has 2 aromatic heterocycles. The summed E-state index contributed by atoms with van der Waals surface area (Å²) in [6.07, 6.45) is 3.50. The fraction of sp³-hybridized carbons (Fsp3) is 0.500. The second-order valence-electron chi connectivity index (χ2n) is 17.9. The van der Waals surface area contributed by atoms with Crippen LogP contribution in [0.5, 0.6) is 5.75 Å². The molecule has 0 saturated carbocycles. The Balaban J connectivity index is 1.36. The lowest BCUT2D eigenvalue weighted by atomic mass is 9.83. The molecule has 59 heavy (non-hydrogen) atoms. The molecule has 3 amide bonds. The van der Waals surface area contributed by atoms with Crippen LogP contribution in [0.1, 0.15) is 84.0 Å². The Morgan fingerprint density at radius 1 is 1.08 bits per heavy atom. The molecule has 314 valence electrons. The number of pyridine rings is 1. The van der Waals surface area contributed by atoms with E-state index in [1.165, 1.54) is 9.91 Å². The predicted molar refractivity (Wildman–Crippen MR) is 227 cm³/mol. The molecular formula is C46H59N7O6. The molecule has 2 fully saturated rings. The Kier molecular flexibility index (Phi) is 11.9. The van der Waals surface area contributed by atoms with Crippen molar-refractivity contribution in [1.82, 2.24) is 35.5 Å². The van der Waals surface area contributed by atoms with E-state index in [2.05, 4.69) is 79.5 Å². The van der Waals surface area contributed by atoms with Gasteiger partial charge in [0.2, 0.25) is 11.8 Å². The lowest BCUT2D eigenvalue weighted by Gasteiger charge is -2.36. The number of esters is 1. The molecule has 4 atom stereocenters. The molecule has 3 aliphatic rings. The van der Waals surface area contributed by atoms with Crippen molar-refractivity contribution in [3.63, 3.8) is 0 Å². The van der Waals surface area contributed by atoms with Gasteiger partial charge in [-0.2, -0.15) is 0 Å². The average molecular weight is 806 g/mol. The summed E-state index contributed by atoms with van der Waals surface area (Å²) < 4.78 is 8.42. The van der Waals surface area contributed by atoms with Gasteiger partial charge in [-0.05, 0) is 96.7 Å². The van der Waals surface area contributed by atoms with E-state index in [1.807, 2.05) is 32.2 Å². The number of aromatic hydroxyl groups is 1. The molecule has 0 spiro atoms. The van der Waals surface area contributed by atoms with Crippen molar-refractivity contribution in [2.45, 2.75) is 111 Å². The average Bonchev–Trinajstić information content (AvgIpc) is 4.01. The Morgan fingerprint density at radius 2 is 1.85 bits per heavy atom. The molecule has 4 aromatic rings. The Labute approximate surface area is 346 Å². The number of hydrogen-bond acceptors (Lipinski definition) is 9. The molecule has 4 N–H and O–H groups in total. The SMILES string of the molecule is CCn1c(-c2cccnc2C(C)C)c2c3cc(ccc31)-c1cc(O)cc(c1)C[C@H](NC(=O)[C@H](C(C)C)N(C)C(=O)[C@H]1CN1)C(=O)N1CCC[C@H](N1)C(=O)OCC(C)(C)C2. The third-order valence-corrected chi connectivity index (χ3v) is 11.9. The van der Waals surface area contributed by atoms with E-state index in [0.717, 1.165) is 44.5 Å². The van der Waals surface area contributed by atoms with Crippen LogP contribution in [0.2, 0.25) is 0 Å². The number of ether oxygens (including phenoxy) is 1. The minimum atomic E-state index is -1.09. The zero-order valence-corrected chi connectivity index (χ0v) is 35.6. The van der Waals surface area contributed by atoms with Crippen LogP contribution in [0.3, 0.4) is 0 Å². The van der Waals surface area contributed by atoms with Crippen LogP contribution in [-0.2, 0) is 43.3 Å². The number of carbonyl (C=O) groups excluding carboxylic acids is 4. The van der Waals surface area contributed by atoms with Crippen LogP contribution in [-0.4, -0.2) is 99.2 Å². The van der Waals surface area contributed by atoms with Crippen molar-refractivity contribution in [1.29, 1.82) is 0 Å². The summed E-state index contributed by atoms with van der Waals surface area (Å²) in [6.45, 7) is 16.1. The van der Waals surface area contributed by atoms with Gasteiger partial charge in [0.05, 0.1) is 24.0 Å². The Morgan fingerprint density at radius 3 is 2.54 bits per heavy atom. The van der Waals surface area contributed by atoms with Crippen molar-refractivity contribution in [2.24, 2.45) is 11.3 Å². The monoisotopic (exact) mass is 805 g/mol. The molecule has 7 rings (SSSR count). The fourth-order valence-electron chi connectivity index (χ4n) is 8.89. The zero-order valence-electron chi connectivity index (χ0n) is 35.6. The molecule has 0 unspecified atom stereocenters. The second-order valence-corrected chi connectivity index (χ2v) is 17.9. The van der Waals surface area contributed by atoms with Gasteiger partial charge in [0.15, 0.2) is 0 Å². The quantitative estimate of drug-likeness (QED) is 0.136. The van der Waals surface area contributed by atoms with Gasteiger partial charge in [0, 0.05) is 61.2 Å². The van der Waals surface area contributed by atoms with Crippen molar-refractivity contribution in [3.8, 4) is 28.1 Å². The summed E-state index contributed by atoms with van der Waals surface area (Å²) in [5, 5.41) is 19.7. The molecule has 0 radical (unpaired) electrons. The maximum Gasteiger partial charge on any atom is 0.324 e. The number of phenolic OH excluding ortho intramolecular Hbond substituents is 1. The number of aryl methyl sites for hydroxylation is 1. The van der Waals surface area contributed by atoms with Gasteiger partial charge in [-0.3, -0.25) is 29.2 Å². The highest BCUT2D eigenvalue weighted by molar-refractivity contribution is 5.96. The van der Waals surface area contributed by atoms with E-state index in [4.69, 9.17) is 9.72 Å². The number of amides is 3. The van der Waals surface area contributed by atoms with Gasteiger partial charge in [-0.25, -0.2) is 5.43 Å². The van der Waals surface area contributed by atoms with Gasteiger partial charge in [0.25, 0.3) is 5.91 Å². The first-order valence-electron chi connectivity index (χ1n) is 21.0. The van der Waals surface area contributed by atoms with Gasteiger partial charge in [-0.1, -0.05) is 53.7 Å². The molecule has 13 heteroatoms. The van der Waals surface area contributed by atoms with Gasteiger partial charge >= 0.3 is 5.97 Å². The molecule has 6 bridgehead atoms. The number of rotatable bonds is 8. The number of aromatic nitrogens is 2. The van der Waals surface area contributed by atoms with Crippen molar-refractivity contribution < 1.29 is 29.0 Å². The number of carbonyl (C=O) groups is 4.